The van der Waals surface area contributed by atoms with Gasteiger partial charge in [0.15, 0.2) is 5.17 Å². The quantitative estimate of drug-likeness (QED) is 0.718. The Morgan fingerprint density at radius 2 is 2.00 bits per heavy atom. The third-order valence-electron chi connectivity index (χ3n) is 4.62. The molecule has 1 heterocycles. The first-order chi connectivity index (χ1) is 13.7. The van der Waals surface area contributed by atoms with E-state index in [0.29, 0.717) is 16.6 Å². The maximum Gasteiger partial charge on any atom is 0.240 e. The van der Waals surface area contributed by atoms with E-state index in [1.807, 2.05) is 0 Å². The Kier molecular flexibility index (Phi) is 6.42. The number of hydrogen-bond acceptors (Lipinski definition) is 6. The monoisotopic (exact) mass is 414 g/mol. The fourth-order valence-corrected chi connectivity index (χ4v) is 4.43. The second-order valence-electron chi connectivity index (χ2n) is 8.08. The first-order valence-corrected chi connectivity index (χ1v) is 10.4. The summed E-state index contributed by atoms with van der Waals surface area (Å²) in [5, 5.41) is 13.9. The van der Waals surface area contributed by atoms with E-state index in [2.05, 4.69) is 47.7 Å². The maximum atomic E-state index is 12.3. The minimum absolute atomic E-state index is 0.0597. The number of ether oxygens (including phenoxy) is 1. The van der Waals surface area contributed by atoms with Crippen LogP contribution in [0.4, 0.5) is 5.69 Å². The predicted octanol–water partition coefficient (Wildman–Crippen LogP) is 3.73. The lowest BCUT2D eigenvalue weighted by Gasteiger charge is -2.28. The van der Waals surface area contributed by atoms with E-state index in [1.165, 1.54) is 17.3 Å². The molecule has 7 nitrogen and oxygen atoms in total. The number of thioether (sulfide) groups is 1. The van der Waals surface area contributed by atoms with E-state index in [0.717, 1.165) is 18.6 Å². The fraction of sp³-hybridized carbons (Fsp3) is 0.429. The average molecular weight is 415 g/mol. The van der Waals surface area contributed by atoms with E-state index >= 15 is 0 Å². The summed E-state index contributed by atoms with van der Waals surface area (Å²) >= 11 is 1.23. The van der Waals surface area contributed by atoms with Crippen molar-refractivity contribution < 1.29 is 14.3 Å². The molecule has 3 rings (SSSR count). The summed E-state index contributed by atoms with van der Waals surface area (Å²) < 4.78 is 5.10. The molecular formula is C21H26N4O3S. The van der Waals surface area contributed by atoms with E-state index in [4.69, 9.17) is 4.74 Å². The van der Waals surface area contributed by atoms with Crippen LogP contribution in [0.25, 0.3) is 0 Å². The van der Waals surface area contributed by atoms with Gasteiger partial charge in [-0.1, -0.05) is 31.2 Å². The van der Waals surface area contributed by atoms with Crippen LogP contribution in [0.1, 0.15) is 40.0 Å². The molecule has 2 N–H and O–H groups in total. The molecule has 1 fully saturated rings. The number of methoxy groups -OCH3 is 1. The second-order valence-corrected chi connectivity index (χ2v) is 9.27. The van der Waals surface area contributed by atoms with Crippen molar-refractivity contribution in [3.8, 4) is 5.75 Å². The molecule has 2 amide bonds. The van der Waals surface area contributed by atoms with Gasteiger partial charge in [-0.3, -0.25) is 9.59 Å². The molecule has 154 valence electrons. The number of rotatable bonds is 5. The van der Waals surface area contributed by atoms with Gasteiger partial charge in [-0.25, -0.2) is 0 Å². The van der Waals surface area contributed by atoms with Crippen molar-refractivity contribution in [1.82, 2.24) is 5.32 Å². The molecule has 0 spiro atoms. The highest BCUT2D eigenvalue weighted by molar-refractivity contribution is 8.15. The maximum absolute atomic E-state index is 12.3. The van der Waals surface area contributed by atoms with Gasteiger partial charge in [0.25, 0.3) is 0 Å². The van der Waals surface area contributed by atoms with Crippen molar-refractivity contribution in [2.24, 2.45) is 15.6 Å². The lowest BCUT2D eigenvalue weighted by molar-refractivity contribution is -0.122. The molecule has 1 aliphatic heterocycles. The van der Waals surface area contributed by atoms with Gasteiger partial charge >= 0.3 is 0 Å². The Hall–Kier alpha value is -2.61. The highest BCUT2D eigenvalue weighted by Crippen LogP contribution is 2.34. The summed E-state index contributed by atoms with van der Waals surface area (Å²) in [7, 11) is 1.58. The van der Waals surface area contributed by atoms with Gasteiger partial charge in [0.05, 0.1) is 12.8 Å². The van der Waals surface area contributed by atoms with Gasteiger partial charge in [0.1, 0.15) is 11.0 Å². The standard InChI is InChI=1S/C21H26N4O3S/c1-13-9-15(12-21(2,3)11-13)24-25-20-23-19(27)17(29-20)10-18(26)22-14-5-7-16(28-4)8-6-14/h5-9,17H,10-12H2,1-4H3,(H,22,26)(H,23,25,27)/t17-/m1/s1. The van der Waals surface area contributed by atoms with Gasteiger partial charge in [-0.15, -0.1) is 5.10 Å². The van der Waals surface area contributed by atoms with Gasteiger partial charge in [-0.2, -0.15) is 5.10 Å². The van der Waals surface area contributed by atoms with Crippen molar-refractivity contribution in [1.29, 1.82) is 0 Å². The number of nitrogens with one attached hydrogen (secondary N) is 2. The van der Waals surface area contributed by atoms with Gasteiger partial charge in [0, 0.05) is 12.1 Å². The average Bonchev–Trinajstić information content (AvgIpc) is 2.98. The van der Waals surface area contributed by atoms with Gasteiger partial charge in [-0.05, 0) is 55.5 Å². The van der Waals surface area contributed by atoms with Crippen LogP contribution in [0.15, 0.2) is 46.1 Å². The lowest BCUT2D eigenvalue weighted by atomic mass is 9.77. The number of amides is 2. The Morgan fingerprint density at radius 1 is 1.28 bits per heavy atom. The molecule has 0 aromatic heterocycles. The van der Waals surface area contributed by atoms with Crippen LogP contribution in [0, 0.1) is 5.41 Å². The molecule has 0 radical (unpaired) electrons. The molecule has 1 aromatic carbocycles. The van der Waals surface area contributed by atoms with Crippen LogP contribution in [-0.4, -0.2) is 35.1 Å². The molecule has 0 bridgehead atoms. The Morgan fingerprint density at radius 3 is 2.66 bits per heavy atom. The van der Waals surface area contributed by atoms with Crippen LogP contribution in [-0.2, 0) is 9.59 Å². The lowest BCUT2D eigenvalue weighted by Crippen LogP contribution is -2.28. The molecule has 0 saturated carbocycles. The molecule has 1 aromatic rings. The molecule has 1 atom stereocenters. The second kappa shape index (κ2) is 8.82. The summed E-state index contributed by atoms with van der Waals surface area (Å²) in [6.07, 6.45) is 3.99. The number of nitrogens with zero attached hydrogens (tertiary/aromatic N) is 2. The molecule has 2 aliphatic rings. The Bertz CT molecular complexity index is 888. The van der Waals surface area contributed by atoms with Gasteiger partial charge < -0.3 is 15.4 Å². The highest BCUT2D eigenvalue weighted by atomic mass is 32.2. The topological polar surface area (TPSA) is 92.2 Å². The fourth-order valence-electron chi connectivity index (χ4n) is 3.51. The van der Waals surface area contributed by atoms with E-state index in [-0.39, 0.29) is 23.7 Å². The smallest absolute Gasteiger partial charge is 0.240 e. The number of amidine groups is 1. The van der Waals surface area contributed by atoms with E-state index in [1.54, 1.807) is 31.4 Å². The molecule has 0 unspecified atom stereocenters. The SMILES string of the molecule is COc1ccc(NC(=O)C[C@H]2SC(=NN=C3C=C(C)CC(C)(C)C3)NC2=O)cc1. The van der Waals surface area contributed by atoms with Crippen molar-refractivity contribution in [3.05, 3.63) is 35.9 Å². The van der Waals surface area contributed by atoms with Gasteiger partial charge in [0.2, 0.25) is 11.8 Å². The summed E-state index contributed by atoms with van der Waals surface area (Å²) in [6.45, 7) is 6.50. The molecule has 29 heavy (non-hydrogen) atoms. The number of allylic oxidation sites excluding steroid dienone is 2. The van der Waals surface area contributed by atoms with Crippen molar-refractivity contribution in [2.75, 3.05) is 12.4 Å². The summed E-state index contributed by atoms with van der Waals surface area (Å²) in [6, 6.07) is 7.03. The zero-order valence-electron chi connectivity index (χ0n) is 17.1. The summed E-state index contributed by atoms with van der Waals surface area (Å²) in [4.78, 5) is 24.5. The molecule has 8 heteroatoms. The minimum atomic E-state index is -0.521. The first-order valence-electron chi connectivity index (χ1n) is 9.47. The van der Waals surface area contributed by atoms with E-state index in [9.17, 15) is 9.59 Å². The first kappa shape index (κ1) is 21.1. The van der Waals surface area contributed by atoms with Crippen LogP contribution in [0.5, 0.6) is 5.75 Å². The van der Waals surface area contributed by atoms with E-state index < -0.39 is 5.25 Å². The zero-order chi connectivity index (χ0) is 21.0. The van der Waals surface area contributed by atoms with Crippen molar-refractivity contribution in [3.63, 3.8) is 0 Å². The van der Waals surface area contributed by atoms with Crippen LogP contribution < -0.4 is 15.4 Å². The summed E-state index contributed by atoms with van der Waals surface area (Å²) in [5.74, 6) is 0.250. The number of benzene rings is 1. The third kappa shape index (κ3) is 5.93. The Labute approximate surface area is 175 Å². The highest BCUT2D eigenvalue weighted by Gasteiger charge is 2.32. The molecular weight excluding hydrogens is 388 g/mol. The number of carbonyl (C=O) groups is 2. The number of carbonyl (C=O) groups excluding carboxylic acids is 2. The largest absolute Gasteiger partial charge is 0.497 e. The van der Waals surface area contributed by atoms with Crippen molar-refractivity contribution in [2.45, 2.75) is 45.3 Å². The Balaban J connectivity index is 1.58. The molecule has 1 aliphatic carbocycles. The molecule has 1 saturated heterocycles. The van der Waals surface area contributed by atoms with Crippen LogP contribution in [0.2, 0.25) is 0 Å². The summed E-state index contributed by atoms with van der Waals surface area (Å²) in [5.41, 5.74) is 2.99. The normalized spacial score (nSPS) is 23.7. The third-order valence-corrected chi connectivity index (χ3v) is 5.69. The van der Waals surface area contributed by atoms with Crippen LogP contribution >= 0.6 is 11.8 Å². The van der Waals surface area contributed by atoms with Crippen LogP contribution in [0.3, 0.4) is 0 Å². The number of anilines is 1. The predicted molar refractivity (Wildman–Crippen MR) is 117 cm³/mol. The number of hydrogen-bond donors (Lipinski definition) is 2. The zero-order valence-corrected chi connectivity index (χ0v) is 17.9. The minimum Gasteiger partial charge on any atom is -0.497 e. The van der Waals surface area contributed by atoms with Crippen molar-refractivity contribution >= 4 is 40.1 Å².